The molecule has 64 valence electrons. The number of hydrogen-bond donors (Lipinski definition) is 0. The van der Waals surface area contributed by atoms with Crippen LogP contribution in [0, 0.1) is 0 Å². The van der Waals surface area contributed by atoms with Crippen molar-refractivity contribution in [3.05, 3.63) is 0 Å². The highest BCUT2D eigenvalue weighted by Gasteiger charge is 2.27. The number of cyclic esters (lactones) is 1. The van der Waals surface area contributed by atoms with Gasteiger partial charge in [0.05, 0.1) is 0 Å². The van der Waals surface area contributed by atoms with Gasteiger partial charge in [0.1, 0.15) is 5.60 Å². The third-order valence-electron chi connectivity index (χ3n) is 1.95. The van der Waals surface area contributed by atoms with Crippen molar-refractivity contribution in [2.45, 2.75) is 32.3 Å². The van der Waals surface area contributed by atoms with Crippen LogP contribution in [0.5, 0.6) is 0 Å². The lowest BCUT2D eigenvalue weighted by Gasteiger charge is -2.22. The molecule has 0 spiro atoms. The lowest BCUT2D eigenvalue weighted by Crippen LogP contribution is -2.31. The number of amides is 1. The van der Waals surface area contributed by atoms with Gasteiger partial charge in [-0.2, -0.15) is 0 Å². The molecule has 0 aromatic heterocycles. The number of nitrogens with zero attached hydrogens (tertiary/aromatic N) is 1. The maximum Gasteiger partial charge on any atom is 0.410 e. The molecule has 0 atom stereocenters. The number of carbonyl (C=O) groups is 1. The summed E-state index contributed by atoms with van der Waals surface area (Å²) in [6.45, 7) is 4.70. The molecule has 0 radical (unpaired) electrons. The van der Waals surface area contributed by atoms with Crippen molar-refractivity contribution in [3.63, 3.8) is 0 Å². The molecule has 3 nitrogen and oxygen atoms in total. The van der Waals surface area contributed by atoms with Crippen LogP contribution in [0.25, 0.3) is 0 Å². The van der Waals surface area contributed by atoms with Gasteiger partial charge in [0.15, 0.2) is 0 Å². The molecule has 0 aromatic rings. The molecule has 1 amide bonds. The third kappa shape index (κ3) is 2.10. The standard InChI is InChI=1S/C8H15NO2/c1-8(2)5-4-6-9(3)7(10)11-8/h4-6H2,1-3H3. The second-order valence-electron chi connectivity index (χ2n) is 3.65. The third-order valence-corrected chi connectivity index (χ3v) is 1.95. The largest absolute Gasteiger partial charge is 0.443 e. The Bertz CT molecular complexity index is 165. The Hall–Kier alpha value is -0.730. The fourth-order valence-corrected chi connectivity index (χ4v) is 1.20. The first-order valence-corrected chi connectivity index (χ1v) is 3.95. The summed E-state index contributed by atoms with van der Waals surface area (Å²) in [5.74, 6) is 0. The summed E-state index contributed by atoms with van der Waals surface area (Å²) < 4.78 is 5.20. The highest BCUT2D eigenvalue weighted by Crippen LogP contribution is 2.21. The van der Waals surface area contributed by atoms with E-state index >= 15 is 0 Å². The Balaban J connectivity index is 2.63. The van der Waals surface area contributed by atoms with Gasteiger partial charge in [-0.3, -0.25) is 0 Å². The zero-order chi connectivity index (χ0) is 8.48. The Kier molecular flexibility index (Phi) is 2.07. The molecule has 0 bridgehead atoms. The SMILES string of the molecule is CN1CCCC(C)(C)OC1=O. The number of ether oxygens (including phenoxy) is 1. The summed E-state index contributed by atoms with van der Waals surface area (Å²) in [5, 5.41) is 0. The smallest absolute Gasteiger partial charge is 0.410 e. The Labute approximate surface area is 67.3 Å². The van der Waals surface area contributed by atoms with Gasteiger partial charge < -0.3 is 9.64 Å². The van der Waals surface area contributed by atoms with Crippen LogP contribution in [-0.2, 0) is 4.74 Å². The second-order valence-corrected chi connectivity index (χ2v) is 3.65. The Morgan fingerprint density at radius 2 is 2.18 bits per heavy atom. The normalized spacial score (nSPS) is 24.3. The van der Waals surface area contributed by atoms with E-state index in [2.05, 4.69) is 0 Å². The first kappa shape index (κ1) is 8.37. The first-order chi connectivity index (χ1) is 5.01. The maximum atomic E-state index is 11.1. The summed E-state index contributed by atoms with van der Waals surface area (Å²) in [6.07, 6.45) is 1.77. The van der Waals surface area contributed by atoms with E-state index in [1.165, 1.54) is 0 Å². The molecule has 11 heavy (non-hydrogen) atoms. The van der Waals surface area contributed by atoms with Gasteiger partial charge in [0.25, 0.3) is 0 Å². The lowest BCUT2D eigenvalue weighted by atomic mass is 10.0. The van der Waals surface area contributed by atoms with Crippen molar-refractivity contribution >= 4 is 6.09 Å². The van der Waals surface area contributed by atoms with Crippen LogP contribution in [0.1, 0.15) is 26.7 Å². The van der Waals surface area contributed by atoms with E-state index in [1.54, 1.807) is 11.9 Å². The fraction of sp³-hybridized carbons (Fsp3) is 0.875. The van der Waals surface area contributed by atoms with Gasteiger partial charge in [-0.1, -0.05) is 0 Å². The van der Waals surface area contributed by atoms with E-state index in [-0.39, 0.29) is 11.7 Å². The zero-order valence-electron chi connectivity index (χ0n) is 7.39. The molecule has 0 aromatic carbocycles. The van der Waals surface area contributed by atoms with E-state index in [0.717, 1.165) is 19.4 Å². The fourth-order valence-electron chi connectivity index (χ4n) is 1.20. The average molecular weight is 157 g/mol. The maximum absolute atomic E-state index is 11.1. The van der Waals surface area contributed by atoms with Crippen LogP contribution in [-0.4, -0.2) is 30.2 Å². The first-order valence-electron chi connectivity index (χ1n) is 3.95. The van der Waals surface area contributed by atoms with Crippen LogP contribution in [0.2, 0.25) is 0 Å². The molecule has 1 rings (SSSR count). The van der Waals surface area contributed by atoms with Crippen LogP contribution >= 0.6 is 0 Å². The summed E-state index contributed by atoms with van der Waals surface area (Å²) in [5.41, 5.74) is -0.276. The van der Waals surface area contributed by atoms with E-state index in [0.29, 0.717) is 0 Å². The van der Waals surface area contributed by atoms with Gasteiger partial charge in [-0.15, -0.1) is 0 Å². The van der Waals surface area contributed by atoms with Crippen LogP contribution < -0.4 is 0 Å². The molecule has 0 saturated carbocycles. The quantitative estimate of drug-likeness (QED) is 0.535. The number of rotatable bonds is 0. The summed E-state index contributed by atoms with van der Waals surface area (Å²) in [6, 6.07) is 0. The van der Waals surface area contributed by atoms with E-state index in [9.17, 15) is 4.79 Å². The van der Waals surface area contributed by atoms with Crippen molar-refractivity contribution in [1.29, 1.82) is 0 Å². The Morgan fingerprint density at radius 3 is 2.82 bits per heavy atom. The van der Waals surface area contributed by atoms with E-state index < -0.39 is 0 Å². The van der Waals surface area contributed by atoms with Crippen LogP contribution in [0.4, 0.5) is 4.79 Å². The monoisotopic (exact) mass is 157 g/mol. The lowest BCUT2D eigenvalue weighted by molar-refractivity contribution is 0.0283. The average Bonchev–Trinajstić information content (AvgIpc) is 1.93. The molecule has 1 saturated heterocycles. The van der Waals surface area contributed by atoms with Gasteiger partial charge in [-0.05, 0) is 26.7 Å². The minimum Gasteiger partial charge on any atom is -0.443 e. The molecular weight excluding hydrogens is 142 g/mol. The van der Waals surface area contributed by atoms with Crippen molar-refractivity contribution in [2.24, 2.45) is 0 Å². The molecule has 1 fully saturated rings. The molecule has 0 N–H and O–H groups in total. The highest BCUT2D eigenvalue weighted by molar-refractivity contribution is 5.67. The minimum atomic E-state index is -0.276. The number of carbonyl (C=O) groups excluding carboxylic acids is 1. The number of hydrogen-bond acceptors (Lipinski definition) is 2. The molecule has 1 aliphatic heterocycles. The van der Waals surface area contributed by atoms with E-state index in [1.807, 2.05) is 13.8 Å². The van der Waals surface area contributed by atoms with Gasteiger partial charge in [-0.25, -0.2) is 4.79 Å². The van der Waals surface area contributed by atoms with Crippen molar-refractivity contribution in [2.75, 3.05) is 13.6 Å². The molecule has 3 heteroatoms. The van der Waals surface area contributed by atoms with E-state index in [4.69, 9.17) is 4.74 Å². The van der Waals surface area contributed by atoms with Gasteiger partial charge >= 0.3 is 6.09 Å². The predicted molar refractivity (Wildman–Crippen MR) is 42.4 cm³/mol. The molecule has 1 heterocycles. The van der Waals surface area contributed by atoms with Crippen LogP contribution in [0.15, 0.2) is 0 Å². The molecule has 0 aliphatic carbocycles. The highest BCUT2D eigenvalue weighted by atomic mass is 16.6. The topological polar surface area (TPSA) is 29.5 Å². The summed E-state index contributed by atoms with van der Waals surface area (Å²) in [4.78, 5) is 12.8. The predicted octanol–water partition coefficient (Wildman–Crippen LogP) is 1.63. The Morgan fingerprint density at radius 1 is 1.55 bits per heavy atom. The molecular formula is C8H15NO2. The summed E-state index contributed by atoms with van der Waals surface area (Å²) in [7, 11) is 1.77. The summed E-state index contributed by atoms with van der Waals surface area (Å²) >= 11 is 0. The van der Waals surface area contributed by atoms with Gasteiger partial charge in [0.2, 0.25) is 0 Å². The molecule has 0 unspecified atom stereocenters. The minimum absolute atomic E-state index is 0.201. The van der Waals surface area contributed by atoms with Crippen molar-refractivity contribution < 1.29 is 9.53 Å². The second kappa shape index (κ2) is 2.72. The van der Waals surface area contributed by atoms with Crippen molar-refractivity contribution in [1.82, 2.24) is 4.90 Å². The van der Waals surface area contributed by atoms with Crippen LogP contribution in [0.3, 0.4) is 0 Å². The van der Waals surface area contributed by atoms with Gasteiger partial charge in [0, 0.05) is 13.6 Å². The zero-order valence-corrected chi connectivity index (χ0v) is 7.39. The molecule has 1 aliphatic rings. The van der Waals surface area contributed by atoms with Crippen molar-refractivity contribution in [3.8, 4) is 0 Å².